The van der Waals surface area contributed by atoms with Crippen LogP contribution < -0.4 is 10.7 Å². The molecule has 0 aliphatic carbocycles. The van der Waals surface area contributed by atoms with Crippen LogP contribution in [0, 0.1) is 0 Å². The number of carbonyl (C=O) groups is 1. The smallest absolute Gasteiger partial charge is 0.243 e. The standard InChI is InChI=1S/C12H17N3O/c1-10-9-12(16)14(8-7-13)15(10)11-5-3-2-4-6-11/h2-6,10H,7-9,13H2,1H3. The van der Waals surface area contributed by atoms with Crippen LogP contribution in [0.2, 0.25) is 0 Å². The molecule has 1 saturated heterocycles. The molecule has 86 valence electrons. The van der Waals surface area contributed by atoms with E-state index in [1.807, 2.05) is 35.3 Å². The second-order valence-corrected chi connectivity index (χ2v) is 4.04. The molecule has 0 saturated carbocycles. The van der Waals surface area contributed by atoms with Crippen LogP contribution in [0.25, 0.3) is 0 Å². The fourth-order valence-electron chi connectivity index (χ4n) is 2.13. The van der Waals surface area contributed by atoms with E-state index in [2.05, 4.69) is 6.92 Å². The van der Waals surface area contributed by atoms with Gasteiger partial charge in [-0.25, -0.2) is 0 Å². The van der Waals surface area contributed by atoms with Crippen molar-refractivity contribution in [3.05, 3.63) is 30.3 Å². The Labute approximate surface area is 95.6 Å². The Morgan fingerprint density at radius 1 is 1.38 bits per heavy atom. The highest BCUT2D eigenvalue weighted by Gasteiger charge is 2.34. The van der Waals surface area contributed by atoms with Crippen LogP contribution in [0.4, 0.5) is 5.69 Å². The van der Waals surface area contributed by atoms with Gasteiger partial charge in [0.15, 0.2) is 0 Å². The van der Waals surface area contributed by atoms with Gasteiger partial charge in [0.1, 0.15) is 0 Å². The molecule has 0 aromatic heterocycles. The summed E-state index contributed by atoms with van der Waals surface area (Å²) in [5.74, 6) is 0.154. The third kappa shape index (κ3) is 1.88. The minimum atomic E-state index is 0.154. The maximum Gasteiger partial charge on any atom is 0.243 e. The fourth-order valence-corrected chi connectivity index (χ4v) is 2.13. The van der Waals surface area contributed by atoms with Crippen molar-refractivity contribution in [3.63, 3.8) is 0 Å². The minimum absolute atomic E-state index is 0.154. The number of hydrogen-bond donors (Lipinski definition) is 1. The maximum atomic E-state index is 11.8. The first-order valence-corrected chi connectivity index (χ1v) is 5.58. The second kappa shape index (κ2) is 4.53. The quantitative estimate of drug-likeness (QED) is 0.824. The van der Waals surface area contributed by atoms with Gasteiger partial charge in [-0.1, -0.05) is 18.2 Å². The van der Waals surface area contributed by atoms with E-state index in [9.17, 15) is 4.79 Å². The second-order valence-electron chi connectivity index (χ2n) is 4.04. The van der Waals surface area contributed by atoms with Gasteiger partial charge in [0, 0.05) is 6.54 Å². The molecule has 1 aliphatic heterocycles. The largest absolute Gasteiger partial charge is 0.329 e. The third-order valence-electron chi connectivity index (χ3n) is 2.80. The Hall–Kier alpha value is -1.55. The van der Waals surface area contributed by atoms with Crippen LogP contribution in [-0.2, 0) is 4.79 Å². The molecule has 4 heteroatoms. The van der Waals surface area contributed by atoms with Crippen LogP contribution in [-0.4, -0.2) is 30.0 Å². The Balaban J connectivity index is 2.27. The number of hydrogen-bond acceptors (Lipinski definition) is 3. The molecule has 16 heavy (non-hydrogen) atoms. The zero-order chi connectivity index (χ0) is 11.5. The molecule has 0 bridgehead atoms. The van der Waals surface area contributed by atoms with Gasteiger partial charge in [0.25, 0.3) is 0 Å². The Kier molecular flexibility index (Phi) is 3.10. The summed E-state index contributed by atoms with van der Waals surface area (Å²) in [6.45, 7) is 3.13. The highest BCUT2D eigenvalue weighted by atomic mass is 16.2. The number of nitrogens with two attached hydrogens (primary N) is 1. The zero-order valence-electron chi connectivity index (χ0n) is 9.47. The molecular weight excluding hydrogens is 202 g/mol. The predicted octanol–water partition coefficient (Wildman–Crippen LogP) is 0.987. The Bertz CT molecular complexity index is 366. The summed E-state index contributed by atoms with van der Waals surface area (Å²) in [5.41, 5.74) is 6.59. The van der Waals surface area contributed by atoms with Crippen LogP contribution >= 0.6 is 0 Å². The van der Waals surface area contributed by atoms with Crippen molar-refractivity contribution in [2.45, 2.75) is 19.4 Å². The van der Waals surface area contributed by atoms with Gasteiger partial charge < -0.3 is 5.73 Å². The van der Waals surface area contributed by atoms with E-state index in [0.29, 0.717) is 19.5 Å². The van der Waals surface area contributed by atoms with Gasteiger partial charge in [-0.2, -0.15) is 0 Å². The monoisotopic (exact) mass is 219 g/mol. The number of anilines is 1. The van der Waals surface area contributed by atoms with Crippen molar-refractivity contribution in [2.24, 2.45) is 5.73 Å². The molecule has 0 radical (unpaired) electrons. The number of nitrogens with zero attached hydrogens (tertiary/aromatic N) is 2. The van der Waals surface area contributed by atoms with Crippen molar-refractivity contribution >= 4 is 11.6 Å². The zero-order valence-corrected chi connectivity index (χ0v) is 9.47. The third-order valence-corrected chi connectivity index (χ3v) is 2.80. The molecule has 1 heterocycles. The van der Waals surface area contributed by atoms with Gasteiger partial charge in [-0.3, -0.25) is 14.8 Å². The van der Waals surface area contributed by atoms with Crippen molar-refractivity contribution in [3.8, 4) is 0 Å². The molecule has 1 fully saturated rings. The number of rotatable bonds is 3. The highest BCUT2D eigenvalue weighted by molar-refractivity contribution is 5.82. The van der Waals surface area contributed by atoms with E-state index in [4.69, 9.17) is 5.73 Å². The van der Waals surface area contributed by atoms with Gasteiger partial charge in [0.05, 0.1) is 24.7 Å². The molecule has 1 aromatic carbocycles. The summed E-state index contributed by atoms with van der Waals surface area (Å²) in [4.78, 5) is 11.8. The Morgan fingerprint density at radius 3 is 2.69 bits per heavy atom. The molecule has 2 rings (SSSR count). The van der Waals surface area contributed by atoms with E-state index in [-0.39, 0.29) is 11.9 Å². The number of carbonyl (C=O) groups excluding carboxylic acids is 1. The van der Waals surface area contributed by atoms with E-state index in [1.165, 1.54) is 0 Å². The number of hydrazine groups is 1. The maximum absolute atomic E-state index is 11.8. The van der Waals surface area contributed by atoms with Crippen molar-refractivity contribution in [1.29, 1.82) is 0 Å². The van der Waals surface area contributed by atoms with Crippen LogP contribution in [0.3, 0.4) is 0 Å². The lowest BCUT2D eigenvalue weighted by Crippen LogP contribution is -2.44. The molecule has 0 spiro atoms. The Morgan fingerprint density at radius 2 is 2.06 bits per heavy atom. The van der Waals surface area contributed by atoms with Crippen LogP contribution in [0.5, 0.6) is 0 Å². The molecule has 4 nitrogen and oxygen atoms in total. The molecule has 1 aromatic rings. The normalized spacial score (nSPS) is 20.6. The molecule has 1 amide bonds. The molecule has 1 aliphatic rings. The lowest BCUT2D eigenvalue weighted by Gasteiger charge is -2.32. The predicted molar refractivity (Wildman–Crippen MR) is 63.8 cm³/mol. The molecule has 1 unspecified atom stereocenters. The lowest BCUT2D eigenvalue weighted by molar-refractivity contribution is -0.128. The first kappa shape index (κ1) is 11.0. The molecule has 2 N–H and O–H groups in total. The van der Waals surface area contributed by atoms with Crippen molar-refractivity contribution in [1.82, 2.24) is 5.01 Å². The summed E-state index contributed by atoms with van der Waals surface area (Å²) in [6.07, 6.45) is 0.564. The van der Waals surface area contributed by atoms with Crippen molar-refractivity contribution in [2.75, 3.05) is 18.1 Å². The van der Waals surface area contributed by atoms with E-state index in [0.717, 1.165) is 5.69 Å². The van der Waals surface area contributed by atoms with Gasteiger partial charge >= 0.3 is 0 Å². The summed E-state index contributed by atoms with van der Waals surface area (Å²) in [5, 5.41) is 3.79. The average molecular weight is 219 g/mol. The van der Waals surface area contributed by atoms with Gasteiger partial charge in [-0.15, -0.1) is 0 Å². The van der Waals surface area contributed by atoms with Crippen molar-refractivity contribution < 1.29 is 4.79 Å². The first-order valence-electron chi connectivity index (χ1n) is 5.58. The summed E-state index contributed by atoms with van der Waals surface area (Å²) < 4.78 is 0. The lowest BCUT2D eigenvalue weighted by atomic mass is 10.2. The molecule has 1 atom stereocenters. The highest BCUT2D eigenvalue weighted by Crippen LogP contribution is 2.26. The number of benzene rings is 1. The minimum Gasteiger partial charge on any atom is -0.329 e. The SMILES string of the molecule is CC1CC(=O)N(CCN)N1c1ccccc1. The topological polar surface area (TPSA) is 49.6 Å². The fraction of sp³-hybridized carbons (Fsp3) is 0.417. The van der Waals surface area contributed by atoms with E-state index >= 15 is 0 Å². The summed E-state index contributed by atoms with van der Waals surface area (Å²) in [6, 6.07) is 10.2. The average Bonchev–Trinajstić information content (AvgIpc) is 2.56. The number of amides is 1. The molecular formula is C12H17N3O. The van der Waals surface area contributed by atoms with E-state index in [1.54, 1.807) is 5.01 Å². The van der Waals surface area contributed by atoms with Gasteiger partial charge in [-0.05, 0) is 19.1 Å². The summed E-state index contributed by atoms with van der Waals surface area (Å²) >= 11 is 0. The van der Waals surface area contributed by atoms with Crippen LogP contribution in [0.1, 0.15) is 13.3 Å². The summed E-state index contributed by atoms with van der Waals surface area (Å²) in [7, 11) is 0. The number of para-hydroxylation sites is 1. The van der Waals surface area contributed by atoms with Crippen LogP contribution in [0.15, 0.2) is 30.3 Å². The van der Waals surface area contributed by atoms with E-state index < -0.39 is 0 Å². The van der Waals surface area contributed by atoms with Gasteiger partial charge in [0.2, 0.25) is 5.91 Å². The first-order chi connectivity index (χ1) is 7.74.